The Labute approximate surface area is 178 Å². The van der Waals surface area contributed by atoms with E-state index in [-0.39, 0.29) is 0 Å². The van der Waals surface area contributed by atoms with E-state index >= 15 is 0 Å². The molecule has 3 N–H and O–H groups in total. The predicted octanol–water partition coefficient (Wildman–Crippen LogP) is 5.60. The fraction of sp³-hybridized carbons (Fsp3) is 0.375. The number of hydrogen-bond acceptors (Lipinski definition) is 2. The SMILES string of the molecule is COc1ccc(NC(=S)NCC[C@@H]2[C@@H](c3c(C)[nH]c4ccccc34)C2(C)C)cc1. The number of anilines is 1. The number of aromatic amines is 1. The van der Waals surface area contributed by atoms with Gasteiger partial charge in [0.1, 0.15) is 5.75 Å². The van der Waals surface area contributed by atoms with Gasteiger partial charge in [0.05, 0.1) is 7.11 Å². The van der Waals surface area contributed by atoms with E-state index in [4.69, 9.17) is 17.0 Å². The highest BCUT2D eigenvalue weighted by Crippen LogP contribution is 2.67. The van der Waals surface area contributed by atoms with Crippen LogP contribution in [0.1, 0.15) is 37.4 Å². The lowest BCUT2D eigenvalue weighted by Gasteiger charge is -2.11. The molecule has 0 unspecified atom stereocenters. The molecular formula is C24H29N3OS. The van der Waals surface area contributed by atoms with Crippen molar-refractivity contribution in [2.75, 3.05) is 19.0 Å². The first-order valence-electron chi connectivity index (χ1n) is 10.2. The van der Waals surface area contributed by atoms with Crippen LogP contribution in [0, 0.1) is 18.3 Å². The molecule has 0 radical (unpaired) electrons. The lowest BCUT2D eigenvalue weighted by atomic mass is 10.0. The van der Waals surface area contributed by atoms with Gasteiger partial charge >= 0.3 is 0 Å². The van der Waals surface area contributed by atoms with Crippen LogP contribution in [0.3, 0.4) is 0 Å². The number of hydrogen-bond donors (Lipinski definition) is 3. The summed E-state index contributed by atoms with van der Waals surface area (Å²) < 4.78 is 5.19. The molecule has 2 aromatic carbocycles. The molecule has 1 heterocycles. The summed E-state index contributed by atoms with van der Waals surface area (Å²) in [4.78, 5) is 3.56. The maximum atomic E-state index is 5.46. The number of rotatable bonds is 6. The van der Waals surface area contributed by atoms with E-state index in [1.807, 2.05) is 24.3 Å². The van der Waals surface area contributed by atoms with Gasteiger partial charge in [-0.3, -0.25) is 0 Å². The van der Waals surface area contributed by atoms with Crippen molar-refractivity contribution in [2.24, 2.45) is 11.3 Å². The molecule has 1 fully saturated rings. The standard InChI is InChI=1S/C24H29N3OS/c1-15-21(18-7-5-6-8-20(18)26-15)22-19(24(22,2)3)13-14-25-23(29)27-16-9-11-17(28-4)12-10-16/h5-12,19,22,26H,13-14H2,1-4H3,(H2,25,27,29)/t19-,22+/m1/s1. The maximum Gasteiger partial charge on any atom is 0.170 e. The van der Waals surface area contributed by atoms with Gasteiger partial charge in [0, 0.05) is 28.8 Å². The molecule has 2 atom stereocenters. The number of para-hydroxylation sites is 1. The van der Waals surface area contributed by atoms with Gasteiger partial charge in [-0.1, -0.05) is 32.0 Å². The molecular weight excluding hydrogens is 378 g/mol. The Balaban J connectivity index is 1.35. The minimum absolute atomic E-state index is 0.308. The van der Waals surface area contributed by atoms with E-state index in [1.165, 1.54) is 22.2 Å². The van der Waals surface area contributed by atoms with Crippen LogP contribution in [0.15, 0.2) is 48.5 Å². The Morgan fingerprint density at radius 2 is 1.86 bits per heavy atom. The first-order chi connectivity index (χ1) is 13.9. The van der Waals surface area contributed by atoms with Crippen molar-refractivity contribution >= 4 is 33.9 Å². The van der Waals surface area contributed by atoms with E-state index in [0.717, 1.165) is 24.4 Å². The number of nitrogens with one attached hydrogen (secondary N) is 3. The summed E-state index contributed by atoms with van der Waals surface area (Å²) in [5.74, 6) is 2.07. The quantitative estimate of drug-likeness (QED) is 0.466. The lowest BCUT2D eigenvalue weighted by molar-refractivity contribution is 0.415. The largest absolute Gasteiger partial charge is 0.497 e. The number of benzene rings is 2. The fourth-order valence-electron chi connectivity index (χ4n) is 4.75. The first-order valence-corrected chi connectivity index (χ1v) is 10.6. The number of thiocarbonyl (C=S) groups is 1. The molecule has 29 heavy (non-hydrogen) atoms. The van der Waals surface area contributed by atoms with Gasteiger partial charge in [0.2, 0.25) is 0 Å². The molecule has 1 aliphatic carbocycles. The first kappa shape index (κ1) is 19.8. The third kappa shape index (κ3) is 3.84. The van der Waals surface area contributed by atoms with Crippen molar-refractivity contribution in [3.05, 3.63) is 59.8 Å². The molecule has 5 heteroatoms. The van der Waals surface area contributed by atoms with Crippen LogP contribution < -0.4 is 15.4 Å². The van der Waals surface area contributed by atoms with Gasteiger partial charge < -0.3 is 20.4 Å². The lowest BCUT2D eigenvalue weighted by Crippen LogP contribution is -2.29. The summed E-state index contributed by atoms with van der Waals surface area (Å²) in [6.45, 7) is 7.84. The van der Waals surface area contributed by atoms with E-state index in [9.17, 15) is 0 Å². The highest BCUT2D eigenvalue weighted by Gasteiger charge is 2.58. The van der Waals surface area contributed by atoms with Gasteiger partial charge in [-0.05, 0) is 78.7 Å². The van der Waals surface area contributed by atoms with Crippen LogP contribution in [0.2, 0.25) is 0 Å². The van der Waals surface area contributed by atoms with Gasteiger partial charge in [0.15, 0.2) is 5.11 Å². The molecule has 0 aliphatic heterocycles. The molecule has 0 bridgehead atoms. The normalized spacial score (nSPS) is 19.7. The third-order valence-corrected chi connectivity index (χ3v) is 6.64. The zero-order chi connectivity index (χ0) is 20.6. The molecule has 1 saturated carbocycles. The molecule has 0 spiro atoms. The number of aryl methyl sites for hydroxylation is 1. The molecule has 1 aliphatic rings. The minimum atomic E-state index is 0.308. The number of aromatic nitrogens is 1. The van der Waals surface area contributed by atoms with Crippen LogP contribution >= 0.6 is 12.2 Å². The molecule has 0 amide bonds. The Morgan fingerprint density at radius 3 is 2.59 bits per heavy atom. The molecule has 3 aromatic rings. The smallest absolute Gasteiger partial charge is 0.170 e. The average molecular weight is 408 g/mol. The summed E-state index contributed by atoms with van der Waals surface area (Å²) in [6, 6.07) is 16.4. The molecule has 152 valence electrons. The molecule has 4 rings (SSSR count). The van der Waals surface area contributed by atoms with Crippen LogP contribution in [-0.4, -0.2) is 23.8 Å². The van der Waals surface area contributed by atoms with Gasteiger partial charge in [-0.15, -0.1) is 0 Å². The summed E-state index contributed by atoms with van der Waals surface area (Å²) in [5, 5.41) is 8.64. The monoisotopic (exact) mass is 407 g/mol. The van der Waals surface area contributed by atoms with Crippen LogP contribution in [0.25, 0.3) is 10.9 Å². The van der Waals surface area contributed by atoms with Crippen molar-refractivity contribution in [3.8, 4) is 5.75 Å². The highest BCUT2D eigenvalue weighted by molar-refractivity contribution is 7.80. The molecule has 4 nitrogen and oxygen atoms in total. The van der Waals surface area contributed by atoms with Crippen molar-refractivity contribution in [1.29, 1.82) is 0 Å². The Hall–Kier alpha value is -2.53. The van der Waals surface area contributed by atoms with E-state index < -0.39 is 0 Å². The van der Waals surface area contributed by atoms with Crippen LogP contribution in [0.4, 0.5) is 5.69 Å². The molecule has 1 aromatic heterocycles. The molecule has 0 saturated heterocycles. The second-order valence-corrected chi connectivity index (χ2v) is 8.92. The second kappa shape index (κ2) is 7.71. The van der Waals surface area contributed by atoms with E-state index in [2.05, 4.69) is 60.7 Å². The third-order valence-electron chi connectivity index (χ3n) is 6.39. The summed E-state index contributed by atoms with van der Waals surface area (Å²) in [5.41, 5.74) is 5.31. The topological polar surface area (TPSA) is 49.1 Å². The minimum Gasteiger partial charge on any atom is -0.497 e. The number of methoxy groups -OCH3 is 1. The van der Waals surface area contributed by atoms with Crippen molar-refractivity contribution in [3.63, 3.8) is 0 Å². The van der Waals surface area contributed by atoms with Crippen LogP contribution in [0.5, 0.6) is 5.75 Å². The number of fused-ring (bicyclic) bond motifs is 1. The average Bonchev–Trinajstić information content (AvgIpc) is 3.06. The number of H-pyrrole nitrogens is 1. The fourth-order valence-corrected chi connectivity index (χ4v) is 4.97. The zero-order valence-corrected chi connectivity index (χ0v) is 18.3. The second-order valence-electron chi connectivity index (χ2n) is 8.51. The van der Waals surface area contributed by atoms with Gasteiger partial charge in [-0.2, -0.15) is 0 Å². The van der Waals surface area contributed by atoms with Crippen molar-refractivity contribution in [2.45, 2.75) is 33.1 Å². The van der Waals surface area contributed by atoms with Crippen LogP contribution in [-0.2, 0) is 0 Å². The predicted molar refractivity (Wildman–Crippen MR) is 125 cm³/mol. The van der Waals surface area contributed by atoms with Crippen molar-refractivity contribution in [1.82, 2.24) is 10.3 Å². The van der Waals surface area contributed by atoms with Crippen molar-refractivity contribution < 1.29 is 4.74 Å². The summed E-state index contributed by atoms with van der Waals surface area (Å²) >= 11 is 5.46. The number of ether oxygens (including phenoxy) is 1. The Kier molecular flexibility index (Phi) is 5.26. The Bertz CT molecular complexity index is 1020. The summed E-state index contributed by atoms with van der Waals surface area (Å²) in [7, 11) is 1.67. The highest BCUT2D eigenvalue weighted by atomic mass is 32.1. The summed E-state index contributed by atoms with van der Waals surface area (Å²) in [6.07, 6.45) is 1.10. The van der Waals surface area contributed by atoms with E-state index in [1.54, 1.807) is 7.11 Å². The Morgan fingerprint density at radius 1 is 1.14 bits per heavy atom. The van der Waals surface area contributed by atoms with Gasteiger partial charge in [-0.25, -0.2) is 0 Å². The maximum absolute atomic E-state index is 5.46. The zero-order valence-electron chi connectivity index (χ0n) is 17.5. The van der Waals surface area contributed by atoms with E-state index in [0.29, 0.717) is 22.4 Å². The van der Waals surface area contributed by atoms with Gasteiger partial charge in [0.25, 0.3) is 0 Å².